The van der Waals surface area contributed by atoms with Crippen LogP contribution in [0.15, 0.2) is 24.0 Å². The molecular weight excluding hydrogens is 248 g/mol. The molecule has 0 fully saturated rings. The fraction of sp³-hybridized carbons (Fsp3) is 0.417. The Balaban J connectivity index is 2.17. The van der Waals surface area contributed by atoms with E-state index in [0.29, 0.717) is 5.88 Å². The van der Waals surface area contributed by atoms with Crippen LogP contribution in [-0.4, -0.2) is 28.6 Å². The van der Waals surface area contributed by atoms with Crippen molar-refractivity contribution in [3.8, 4) is 5.88 Å². The Morgan fingerprint density at radius 3 is 2.94 bits per heavy atom. The molecule has 0 saturated carbocycles. The molecular formula is C12H16N4OS. The summed E-state index contributed by atoms with van der Waals surface area (Å²) in [5, 5.41) is 6.49. The van der Waals surface area contributed by atoms with Crippen molar-refractivity contribution < 1.29 is 4.74 Å². The minimum absolute atomic E-state index is 0.137. The molecule has 6 heteroatoms. The van der Waals surface area contributed by atoms with E-state index in [1.165, 1.54) is 6.33 Å². The highest BCUT2D eigenvalue weighted by atomic mass is 32.1. The molecule has 0 saturated heterocycles. The highest BCUT2D eigenvalue weighted by Crippen LogP contribution is 2.20. The van der Waals surface area contributed by atoms with E-state index in [2.05, 4.69) is 27.2 Å². The van der Waals surface area contributed by atoms with Crippen LogP contribution < -0.4 is 10.1 Å². The van der Waals surface area contributed by atoms with Crippen molar-refractivity contribution >= 4 is 11.3 Å². The Bertz CT molecular complexity index is 475. The Morgan fingerprint density at radius 2 is 2.28 bits per heavy atom. The zero-order valence-corrected chi connectivity index (χ0v) is 11.3. The van der Waals surface area contributed by atoms with Crippen molar-refractivity contribution in [3.05, 3.63) is 34.7 Å². The van der Waals surface area contributed by atoms with E-state index < -0.39 is 0 Å². The number of ether oxygens (including phenoxy) is 1. The van der Waals surface area contributed by atoms with E-state index >= 15 is 0 Å². The molecule has 0 spiro atoms. The smallest absolute Gasteiger partial charge is 0.216 e. The molecule has 0 aliphatic rings. The molecule has 5 nitrogen and oxygen atoms in total. The molecule has 0 aromatic carbocycles. The van der Waals surface area contributed by atoms with Crippen LogP contribution in [-0.2, 0) is 6.42 Å². The Hall–Kier alpha value is -1.53. The van der Waals surface area contributed by atoms with Gasteiger partial charge in [0, 0.05) is 24.1 Å². The van der Waals surface area contributed by atoms with Crippen LogP contribution in [0, 0.1) is 0 Å². The van der Waals surface area contributed by atoms with Gasteiger partial charge in [0.25, 0.3) is 0 Å². The number of hydrogen-bond acceptors (Lipinski definition) is 6. The first-order valence-electron chi connectivity index (χ1n) is 5.81. The van der Waals surface area contributed by atoms with Gasteiger partial charge in [-0.15, -0.1) is 11.3 Å². The molecule has 1 atom stereocenters. The van der Waals surface area contributed by atoms with Crippen LogP contribution in [0.2, 0.25) is 0 Å². The average molecular weight is 264 g/mol. The number of nitrogens with zero attached hydrogens (tertiary/aromatic N) is 3. The molecule has 2 rings (SSSR count). The van der Waals surface area contributed by atoms with Crippen LogP contribution >= 0.6 is 11.3 Å². The summed E-state index contributed by atoms with van der Waals surface area (Å²) in [5.74, 6) is 0.585. The van der Waals surface area contributed by atoms with Crippen LogP contribution in [0.1, 0.15) is 23.7 Å². The van der Waals surface area contributed by atoms with Gasteiger partial charge in [-0.1, -0.05) is 6.92 Å². The SMILES string of the molecule is CCNC(Cc1nccs1)c1cc(OC)ncn1. The number of hydrogen-bond donors (Lipinski definition) is 1. The first-order valence-corrected chi connectivity index (χ1v) is 6.69. The highest BCUT2D eigenvalue weighted by molar-refractivity contribution is 7.09. The summed E-state index contributed by atoms with van der Waals surface area (Å²) in [7, 11) is 1.61. The number of rotatable bonds is 6. The van der Waals surface area contributed by atoms with Gasteiger partial charge < -0.3 is 10.1 Å². The van der Waals surface area contributed by atoms with Crippen LogP contribution in [0.25, 0.3) is 0 Å². The molecule has 2 aromatic heterocycles. The molecule has 0 amide bonds. The molecule has 0 aliphatic carbocycles. The van der Waals surface area contributed by atoms with Gasteiger partial charge in [-0.2, -0.15) is 0 Å². The molecule has 2 aromatic rings. The third kappa shape index (κ3) is 3.24. The van der Waals surface area contributed by atoms with Gasteiger partial charge in [0.2, 0.25) is 5.88 Å². The molecule has 0 aliphatic heterocycles. The lowest BCUT2D eigenvalue weighted by Crippen LogP contribution is -2.24. The number of nitrogens with one attached hydrogen (secondary N) is 1. The maximum atomic E-state index is 5.13. The van der Waals surface area contributed by atoms with Gasteiger partial charge >= 0.3 is 0 Å². The van der Waals surface area contributed by atoms with Crippen molar-refractivity contribution in [3.63, 3.8) is 0 Å². The highest BCUT2D eigenvalue weighted by Gasteiger charge is 2.15. The lowest BCUT2D eigenvalue weighted by Gasteiger charge is -2.16. The zero-order valence-electron chi connectivity index (χ0n) is 10.5. The zero-order chi connectivity index (χ0) is 12.8. The maximum Gasteiger partial charge on any atom is 0.216 e. The summed E-state index contributed by atoms with van der Waals surface area (Å²) in [6.45, 7) is 2.95. The van der Waals surface area contributed by atoms with Gasteiger partial charge in [-0.25, -0.2) is 15.0 Å². The first-order chi connectivity index (χ1) is 8.83. The minimum Gasteiger partial charge on any atom is -0.481 e. The number of aromatic nitrogens is 3. The van der Waals surface area contributed by atoms with Crippen molar-refractivity contribution in [1.82, 2.24) is 20.3 Å². The monoisotopic (exact) mass is 264 g/mol. The third-order valence-electron chi connectivity index (χ3n) is 2.54. The number of likely N-dealkylation sites (N-methyl/N-ethyl adjacent to an activating group) is 1. The summed E-state index contributed by atoms with van der Waals surface area (Å²) in [6.07, 6.45) is 4.18. The molecule has 0 bridgehead atoms. The van der Waals surface area contributed by atoms with Gasteiger partial charge in [0.05, 0.1) is 23.9 Å². The minimum atomic E-state index is 0.137. The largest absolute Gasteiger partial charge is 0.481 e. The van der Waals surface area contributed by atoms with Crippen LogP contribution in [0.5, 0.6) is 5.88 Å². The molecule has 18 heavy (non-hydrogen) atoms. The van der Waals surface area contributed by atoms with Crippen molar-refractivity contribution in [2.45, 2.75) is 19.4 Å². The van der Waals surface area contributed by atoms with E-state index in [4.69, 9.17) is 4.74 Å². The Labute approximate surface area is 110 Å². The van der Waals surface area contributed by atoms with E-state index in [0.717, 1.165) is 23.7 Å². The van der Waals surface area contributed by atoms with E-state index in [1.807, 2.05) is 17.6 Å². The van der Waals surface area contributed by atoms with Gasteiger partial charge in [-0.3, -0.25) is 0 Å². The van der Waals surface area contributed by atoms with Gasteiger partial charge in [0.1, 0.15) is 6.33 Å². The van der Waals surface area contributed by atoms with Gasteiger partial charge in [0.15, 0.2) is 0 Å². The average Bonchev–Trinajstić information content (AvgIpc) is 2.91. The Morgan fingerprint density at radius 1 is 1.39 bits per heavy atom. The van der Waals surface area contributed by atoms with Crippen LogP contribution in [0.4, 0.5) is 0 Å². The van der Waals surface area contributed by atoms with Crippen LogP contribution in [0.3, 0.4) is 0 Å². The van der Waals surface area contributed by atoms with E-state index in [1.54, 1.807) is 18.4 Å². The predicted molar refractivity (Wildman–Crippen MR) is 70.8 cm³/mol. The fourth-order valence-electron chi connectivity index (χ4n) is 1.71. The summed E-state index contributed by atoms with van der Waals surface area (Å²) < 4.78 is 5.13. The molecule has 1 N–H and O–H groups in total. The van der Waals surface area contributed by atoms with Gasteiger partial charge in [-0.05, 0) is 6.54 Å². The molecule has 1 unspecified atom stereocenters. The lowest BCUT2D eigenvalue weighted by atomic mass is 10.1. The summed E-state index contributed by atoms with van der Waals surface area (Å²) >= 11 is 1.66. The summed E-state index contributed by atoms with van der Waals surface area (Å²) in [5.41, 5.74) is 0.930. The van der Waals surface area contributed by atoms with Crippen molar-refractivity contribution in [2.24, 2.45) is 0 Å². The van der Waals surface area contributed by atoms with Crippen molar-refractivity contribution in [2.75, 3.05) is 13.7 Å². The van der Waals surface area contributed by atoms with Crippen molar-refractivity contribution in [1.29, 1.82) is 0 Å². The first kappa shape index (κ1) is 12.9. The number of methoxy groups -OCH3 is 1. The quantitative estimate of drug-likeness (QED) is 0.862. The lowest BCUT2D eigenvalue weighted by molar-refractivity contribution is 0.393. The summed E-state index contributed by atoms with van der Waals surface area (Å²) in [4.78, 5) is 12.6. The third-order valence-corrected chi connectivity index (χ3v) is 3.34. The molecule has 2 heterocycles. The van der Waals surface area contributed by atoms with E-state index in [-0.39, 0.29) is 6.04 Å². The summed E-state index contributed by atoms with van der Waals surface area (Å²) in [6, 6.07) is 2.00. The molecule has 96 valence electrons. The predicted octanol–water partition coefficient (Wildman–Crippen LogP) is 1.83. The normalized spacial score (nSPS) is 12.3. The second kappa shape index (κ2) is 6.42. The topological polar surface area (TPSA) is 59.9 Å². The Kier molecular flexibility index (Phi) is 4.60. The maximum absolute atomic E-state index is 5.13. The second-order valence-corrected chi connectivity index (χ2v) is 4.70. The standard InChI is InChI=1S/C12H16N4OS/c1-3-13-10(7-12-14-4-5-18-12)9-6-11(17-2)16-8-15-9/h4-6,8,10,13H,3,7H2,1-2H3. The molecule has 0 radical (unpaired) electrons. The number of thiazole rings is 1. The fourth-order valence-corrected chi connectivity index (χ4v) is 2.38. The van der Waals surface area contributed by atoms with E-state index in [9.17, 15) is 0 Å². The second-order valence-electron chi connectivity index (χ2n) is 3.73.